The summed E-state index contributed by atoms with van der Waals surface area (Å²) in [5, 5.41) is 4.35. The van der Waals surface area contributed by atoms with Gasteiger partial charge in [-0.25, -0.2) is 4.79 Å². The largest absolute Gasteiger partial charge is 0.422 e. The monoisotopic (exact) mass is 281 g/mol. The number of rotatable bonds is 0. The van der Waals surface area contributed by atoms with E-state index in [9.17, 15) is 4.79 Å². The maximum absolute atomic E-state index is 12.1. The van der Waals surface area contributed by atoms with Crippen LogP contribution in [0.3, 0.4) is 0 Å². The first-order chi connectivity index (χ1) is 9.74. The Hall–Kier alpha value is -2.20. The molecule has 2 aromatic carbocycles. The first-order valence-corrected chi connectivity index (χ1v) is 7.16. The van der Waals surface area contributed by atoms with Crippen molar-refractivity contribution in [1.29, 1.82) is 0 Å². The van der Waals surface area contributed by atoms with Crippen molar-refractivity contribution < 1.29 is 4.42 Å². The van der Waals surface area contributed by atoms with E-state index in [-0.39, 0.29) is 5.63 Å². The van der Waals surface area contributed by atoms with Crippen LogP contribution in [0.2, 0.25) is 0 Å². The molecular weight excluding hydrogens is 270 g/mol. The summed E-state index contributed by atoms with van der Waals surface area (Å²) in [4.78, 5) is 13.8. The van der Waals surface area contributed by atoms with Crippen LogP contribution >= 0.6 is 11.8 Å². The van der Waals surface area contributed by atoms with Gasteiger partial charge < -0.3 is 9.73 Å². The van der Waals surface area contributed by atoms with Crippen molar-refractivity contribution in [1.82, 2.24) is 0 Å². The highest BCUT2D eigenvalue weighted by molar-refractivity contribution is 7.99. The van der Waals surface area contributed by atoms with Crippen LogP contribution in [0.25, 0.3) is 11.0 Å². The lowest BCUT2D eigenvalue weighted by Crippen LogP contribution is -2.11. The molecule has 0 saturated heterocycles. The van der Waals surface area contributed by atoms with E-state index >= 15 is 0 Å². The molecule has 1 N–H and O–H groups in total. The normalized spacial score (nSPS) is 12.7. The molecule has 3 nitrogen and oxygen atoms in total. The fraction of sp³-hybridized carbons (Fsp3) is 0.0625. The van der Waals surface area contributed by atoms with E-state index in [0.29, 0.717) is 10.5 Å². The lowest BCUT2D eigenvalue weighted by molar-refractivity contribution is 0.544. The van der Waals surface area contributed by atoms with Gasteiger partial charge in [-0.3, -0.25) is 0 Å². The number of aryl methyl sites for hydroxylation is 1. The lowest BCUT2D eigenvalue weighted by atomic mass is 10.1. The summed E-state index contributed by atoms with van der Waals surface area (Å²) < 4.78 is 5.39. The lowest BCUT2D eigenvalue weighted by Gasteiger charge is -2.22. The van der Waals surface area contributed by atoms with Crippen molar-refractivity contribution in [3.63, 3.8) is 0 Å². The van der Waals surface area contributed by atoms with Crippen LogP contribution in [-0.2, 0) is 0 Å². The van der Waals surface area contributed by atoms with Gasteiger partial charge in [0.15, 0.2) is 0 Å². The van der Waals surface area contributed by atoms with Gasteiger partial charge in [0.2, 0.25) is 0 Å². The van der Waals surface area contributed by atoms with Crippen LogP contribution in [0.15, 0.2) is 61.5 Å². The molecule has 98 valence electrons. The molecule has 0 saturated carbocycles. The highest BCUT2D eigenvalue weighted by Crippen LogP contribution is 2.46. The van der Waals surface area contributed by atoms with Crippen molar-refractivity contribution in [3.8, 4) is 0 Å². The molecule has 4 rings (SSSR count). The zero-order valence-electron chi connectivity index (χ0n) is 10.8. The van der Waals surface area contributed by atoms with Crippen LogP contribution in [0.4, 0.5) is 11.4 Å². The Balaban J connectivity index is 2.05. The molecule has 0 bridgehead atoms. The number of para-hydroxylation sites is 2. The third kappa shape index (κ3) is 1.58. The van der Waals surface area contributed by atoms with E-state index in [1.54, 1.807) is 0 Å². The Labute approximate surface area is 119 Å². The Morgan fingerprint density at radius 2 is 1.90 bits per heavy atom. The molecule has 2 heterocycles. The van der Waals surface area contributed by atoms with Crippen molar-refractivity contribution in [2.75, 3.05) is 5.32 Å². The molecule has 1 aliphatic heterocycles. The van der Waals surface area contributed by atoms with Gasteiger partial charge in [0.05, 0.1) is 11.4 Å². The topological polar surface area (TPSA) is 42.2 Å². The van der Waals surface area contributed by atoms with E-state index in [1.165, 1.54) is 11.8 Å². The predicted molar refractivity (Wildman–Crippen MR) is 81.1 cm³/mol. The molecule has 0 amide bonds. The van der Waals surface area contributed by atoms with Crippen LogP contribution < -0.4 is 10.9 Å². The summed E-state index contributed by atoms with van der Waals surface area (Å²) in [6.45, 7) is 2.06. The van der Waals surface area contributed by atoms with Gasteiger partial charge in [0, 0.05) is 10.3 Å². The molecule has 0 radical (unpaired) electrons. The molecule has 0 aliphatic carbocycles. The summed E-state index contributed by atoms with van der Waals surface area (Å²) in [7, 11) is 0. The number of nitrogens with one attached hydrogen (secondary N) is 1. The SMILES string of the molecule is Cc1cccc2c1Nc1c(c(=O)oc3ccccc13)S2. The fourth-order valence-electron chi connectivity index (χ4n) is 2.47. The minimum absolute atomic E-state index is 0.289. The number of anilines is 2. The molecule has 4 heteroatoms. The molecule has 1 aliphatic rings. The minimum Gasteiger partial charge on any atom is -0.422 e. The molecular formula is C16H11NO2S. The van der Waals surface area contributed by atoms with Crippen LogP contribution in [-0.4, -0.2) is 0 Å². The predicted octanol–water partition coefficient (Wildman–Crippen LogP) is 4.31. The highest BCUT2D eigenvalue weighted by atomic mass is 32.2. The van der Waals surface area contributed by atoms with Gasteiger partial charge in [0.1, 0.15) is 10.5 Å². The summed E-state index contributed by atoms with van der Waals surface area (Å²) in [6.07, 6.45) is 0. The summed E-state index contributed by atoms with van der Waals surface area (Å²) >= 11 is 1.47. The van der Waals surface area contributed by atoms with E-state index in [2.05, 4.69) is 18.3 Å². The quantitative estimate of drug-likeness (QED) is 0.488. The Bertz CT molecular complexity index is 899. The smallest absolute Gasteiger partial charge is 0.352 e. The van der Waals surface area contributed by atoms with Crippen molar-refractivity contribution in [3.05, 3.63) is 58.4 Å². The molecule has 0 unspecified atom stereocenters. The Kier molecular flexibility index (Phi) is 2.41. The van der Waals surface area contributed by atoms with Crippen molar-refractivity contribution in [2.45, 2.75) is 16.7 Å². The van der Waals surface area contributed by atoms with Gasteiger partial charge in [0.25, 0.3) is 0 Å². The maximum atomic E-state index is 12.1. The zero-order valence-corrected chi connectivity index (χ0v) is 11.6. The summed E-state index contributed by atoms with van der Waals surface area (Å²) in [5.74, 6) is 0. The molecule has 20 heavy (non-hydrogen) atoms. The second-order valence-corrected chi connectivity index (χ2v) is 5.82. The van der Waals surface area contributed by atoms with E-state index < -0.39 is 0 Å². The van der Waals surface area contributed by atoms with E-state index in [0.717, 1.165) is 27.2 Å². The molecule has 0 fully saturated rings. The average Bonchev–Trinajstić information content (AvgIpc) is 2.47. The molecule has 1 aromatic heterocycles. The molecule has 0 spiro atoms. The van der Waals surface area contributed by atoms with E-state index in [4.69, 9.17) is 4.42 Å². The average molecular weight is 281 g/mol. The van der Waals surface area contributed by atoms with Crippen LogP contribution in [0.5, 0.6) is 0 Å². The van der Waals surface area contributed by atoms with Gasteiger partial charge in [-0.2, -0.15) is 0 Å². The third-order valence-corrected chi connectivity index (χ3v) is 4.60. The van der Waals surface area contributed by atoms with Gasteiger partial charge >= 0.3 is 5.63 Å². The van der Waals surface area contributed by atoms with Crippen LogP contribution in [0.1, 0.15) is 5.56 Å². The molecule has 3 aromatic rings. The van der Waals surface area contributed by atoms with Gasteiger partial charge in [-0.15, -0.1) is 0 Å². The number of benzene rings is 2. The minimum atomic E-state index is -0.289. The first-order valence-electron chi connectivity index (χ1n) is 6.34. The molecule has 0 atom stereocenters. The second kappa shape index (κ2) is 4.15. The standard InChI is InChI=1S/C16H11NO2S/c1-9-5-4-8-12-13(9)17-14-10-6-2-3-7-11(10)19-16(18)15(14)20-12/h2-8,17H,1H3. The maximum Gasteiger partial charge on any atom is 0.352 e. The zero-order chi connectivity index (χ0) is 13.7. The van der Waals surface area contributed by atoms with Crippen molar-refractivity contribution in [2.24, 2.45) is 0 Å². The highest BCUT2D eigenvalue weighted by Gasteiger charge is 2.23. The first kappa shape index (κ1) is 11.6. The Morgan fingerprint density at radius 3 is 2.80 bits per heavy atom. The van der Waals surface area contributed by atoms with Crippen molar-refractivity contribution >= 4 is 34.1 Å². The van der Waals surface area contributed by atoms with Gasteiger partial charge in [-0.1, -0.05) is 36.0 Å². The number of hydrogen-bond acceptors (Lipinski definition) is 4. The summed E-state index contributed by atoms with van der Waals surface area (Å²) in [5.41, 5.74) is 3.41. The fourth-order valence-corrected chi connectivity index (χ4v) is 3.54. The number of hydrogen-bond donors (Lipinski definition) is 1. The van der Waals surface area contributed by atoms with Crippen LogP contribution in [0, 0.1) is 6.92 Å². The number of fused-ring (bicyclic) bond motifs is 4. The Morgan fingerprint density at radius 1 is 1.05 bits per heavy atom. The summed E-state index contributed by atoms with van der Waals surface area (Å²) in [6, 6.07) is 13.7. The second-order valence-electron chi connectivity index (χ2n) is 4.76. The van der Waals surface area contributed by atoms with E-state index in [1.807, 2.05) is 36.4 Å². The third-order valence-electron chi connectivity index (χ3n) is 3.47. The van der Waals surface area contributed by atoms with Gasteiger partial charge in [-0.05, 0) is 30.7 Å².